The maximum Gasteiger partial charge on any atom is 0.408 e. The summed E-state index contributed by atoms with van der Waals surface area (Å²) in [6.07, 6.45) is -1.36. The number of methoxy groups -OCH3 is 1. The van der Waals surface area contributed by atoms with E-state index in [2.05, 4.69) is 5.32 Å². The van der Waals surface area contributed by atoms with Gasteiger partial charge in [0.2, 0.25) is 0 Å². The molecule has 1 heterocycles. The number of nitrogens with zero attached hydrogens (tertiary/aromatic N) is 1. The molecular formula is C14H24N2O6. The third-order valence-electron chi connectivity index (χ3n) is 3.43. The second-order valence-corrected chi connectivity index (χ2v) is 6.40. The quantitative estimate of drug-likeness (QED) is 0.787. The molecule has 0 aliphatic carbocycles. The Bertz CT molecular complexity index is 459. The van der Waals surface area contributed by atoms with Crippen LogP contribution in [-0.4, -0.2) is 65.4 Å². The summed E-state index contributed by atoms with van der Waals surface area (Å²) >= 11 is 0. The van der Waals surface area contributed by atoms with Crippen LogP contribution in [0.3, 0.4) is 0 Å². The van der Waals surface area contributed by atoms with Crippen LogP contribution in [0.5, 0.6) is 0 Å². The molecule has 8 heteroatoms. The Morgan fingerprint density at radius 3 is 2.36 bits per heavy atom. The van der Waals surface area contributed by atoms with Crippen LogP contribution in [-0.2, 0) is 19.1 Å². The highest BCUT2D eigenvalue weighted by molar-refractivity contribution is 5.88. The Kier molecular flexibility index (Phi) is 5.39. The van der Waals surface area contributed by atoms with Crippen LogP contribution in [0.2, 0.25) is 0 Å². The molecule has 1 aliphatic heterocycles. The van der Waals surface area contributed by atoms with Gasteiger partial charge in [-0.2, -0.15) is 0 Å². The molecular weight excluding hydrogens is 292 g/mol. The first-order valence-electron chi connectivity index (χ1n) is 7.07. The molecule has 2 unspecified atom stereocenters. The third-order valence-corrected chi connectivity index (χ3v) is 3.43. The van der Waals surface area contributed by atoms with Gasteiger partial charge in [0.15, 0.2) is 5.54 Å². The monoisotopic (exact) mass is 316 g/mol. The van der Waals surface area contributed by atoms with Crippen molar-refractivity contribution in [3.63, 3.8) is 0 Å². The molecule has 8 nitrogen and oxygen atoms in total. The zero-order valence-corrected chi connectivity index (χ0v) is 13.6. The molecule has 0 bridgehead atoms. The standard InChI is InChI=1S/C14H24N2O6/c1-9(21-5)10(17)16-7-6-14(8-16,11(18)19)15-12(20)22-13(2,3)4/h9H,6-8H2,1-5H3,(H,15,20)(H,18,19). The van der Waals surface area contributed by atoms with Gasteiger partial charge in [-0.15, -0.1) is 0 Å². The van der Waals surface area contributed by atoms with Crippen molar-refractivity contribution in [3.8, 4) is 0 Å². The summed E-state index contributed by atoms with van der Waals surface area (Å²) in [5.41, 5.74) is -2.27. The highest BCUT2D eigenvalue weighted by Gasteiger charge is 2.48. The minimum absolute atomic E-state index is 0.115. The van der Waals surface area contributed by atoms with E-state index in [1.54, 1.807) is 27.7 Å². The molecule has 126 valence electrons. The first kappa shape index (κ1) is 18.2. The molecule has 22 heavy (non-hydrogen) atoms. The van der Waals surface area contributed by atoms with Gasteiger partial charge < -0.3 is 24.8 Å². The minimum Gasteiger partial charge on any atom is -0.479 e. The fourth-order valence-electron chi connectivity index (χ4n) is 2.18. The second kappa shape index (κ2) is 6.51. The molecule has 1 saturated heterocycles. The van der Waals surface area contributed by atoms with E-state index in [4.69, 9.17) is 9.47 Å². The number of amides is 2. The zero-order chi connectivity index (χ0) is 17.1. The first-order valence-corrected chi connectivity index (χ1v) is 7.07. The van der Waals surface area contributed by atoms with E-state index in [9.17, 15) is 19.5 Å². The van der Waals surface area contributed by atoms with Crippen LogP contribution in [0, 0.1) is 0 Å². The lowest BCUT2D eigenvalue weighted by Crippen LogP contribution is -2.57. The van der Waals surface area contributed by atoms with Crippen molar-refractivity contribution in [2.24, 2.45) is 0 Å². The summed E-state index contributed by atoms with van der Waals surface area (Å²) in [6.45, 7) is 6.76. The van der Waals surface area contributed by atoms with Gasteiger partial charge in [-0.3, -0.25) is 4.79 Å². The van der Waals surface area contributed by atoms with Crippen molar-refractivity contribution in [2.45, 2.75) is 51.4 Å². The number of likely N-dealkylation sites (tertiary alicyclic amines) is 1. The molecule has 1 fully saturated rings. The summed E-state index contributed by atoms with van der Waals surface area (Å²) in [6, 6.07) is 0. The first-order chi connectivity index (χ1) is 10.0. The number of carbonyl (C=O) groups is 3. The highest BCUT2D eigenvalue weighted by Crippen LogP contribution is 2.23. The molecule has 2 N–H and O–H groups in total. The molecule has 1 rings (SSSR count). The lowest BCUT2D eigenvalue weighted by atomic mass is 9.99. The zero-order valence-electron chi connectivity index (χ0n) is 13.6. The SMILES string of the molecule is COC(C)C(=O)N1CCC(NC(=O)OC(C)(C)C)(C(=O)O)C1. The maximum atomic E-state index is 12.1. The topological polar surface area (TPSA) is 105 Å². The molecule has 0 aromatic rings. The number of hydrogen-bond donors (Lipinski definition) is 2. The Labute approximate surface area is 129 Å². The van der Waals surface area contributed by atoms with E-state index in [0.29, 0.717) is 0 Å². The summed E-state index contributed by atoms with van der Waals surface area (Å²) in [5, 5.41) is 11.9. The summed E-state index contributed by atoms with van der Waals surface area (Å²) in [7, 11) is 1.40. The van der Waals surface area contributed by atoms with E-state index in [1.165, 1.54) is 12.0 Å². The molecule has 0 aromatic heterocycles. The number of aliphatic carboxylic acids is 1. The van der Waals surface area contributed by atoms with Crippen molar-refractivity contribution >= 4 is 18.0 Å². The molecule has 2 atom stereocenters. The van der Waals surface area contributed by atoms with Crippen molar-refractivity contribution in [3.05, 3.63) is 0 Å². The fraction of sp³-hybridized carbons (Fsp3) is 0.786. The molecule has 0 saturated carbocycles. The molecule has 1 aliphatic rings. The van der Waals surface area contributed by atoms with Gasteiger partial charge in [-0.25, -0.2) is 9.59 Å². The van der Waals surface area contributed by atoms with Crippen molar-refractivity contribution in [2.75, 3.05) is 20.2 Å². The number of rotatable bonds is 4. The van der Waals surface area contributed by atoms with Crippen LogP contribution in [0.1, 0.15) is 34.1 Å². The second-order valence-electron chi connectivity index (χ2n) is 6.40. The van der Waals surface area contributed by atoms with Gasteiger partial charge in [0.1, 0.15) is 11.7 Å². The number of hydrogen-bond acceptors (Lipinski definition) is 5. The van der Waals surface area contributed by atoms with Crippen molar-refractivity contribution in [1.29, 1.82) is 0 Å². The summed E-state index contributed by atoms with van der Waals surface area (Å²) in [5.74, 6) is -1.50. The van der Waals surface area contributed by atoms with Crippen molar-refractivity contribution in [1.82, 2.24) is 10.2 Å². The Morgan fingerprint density at radius 2 is 1.91 bits per heavy atom. The number of carboxylic acid groups (broad SMARTS) is 1. The van der Waals surface area contributed by atoms with E-state index >= 15 is 0 Å². The predicted octanol–water partition coefficient (Wildman–Crippen LogP) is 0.602. The number of carboxylic acids is 1. The molecule has 2 amide bonds. The van der Waals surface area contributed by atoms with E-state index in [-0.39, 0.29) is 25.4 Å². The van der Waals surface area contributed by atoms with Gasteiger partial charge in [-0.1, -0.05) is 0 Å². The smallest absolute Gasteiger partial charge is 0.408 e. The highest BCUT2D eigenvalue weighted by atomic mass is 16.6. The molecule has 0 radical (unpaired) electrons. The number of carbonyl (C=O) groups excluding carboxylic acids is 2. The van der Waals surface area contributed by atoms with Gasteiger partial charge in [0, 0.05) is 20.1 Å². The van der Waals surface area contributed by atoms with Crippen LogP contribution < -0.4 is 5.32 Å². The average Bonchev–Trinajstić information content (AvgIpc) is 2.80. The van der Waals surface area contributed by atoms with Crippen LogP contribution in [0.4, 0.5) is 4.79 Å². The van der Waals surface area contributed by atoms with Gasteiger partial charge in [0.25, 0.3) is 5.91 Å². The third kappa shape index (κ3) is 4.33. The van der Waals surface area contributed by atoms with E-state index < -0.39 is 29.3 Å². The van der Waals surface area contributed by atoms with Crippen LogP contribution in [0.15, 0.2) is 0 Å². The average molecular weight is 316 g/mol. The number of nitrogens with one attached hydrogen (secondary N) is 1. The summed E-state index contributed by atoms with van der Waals surface area (Å²) in [4.78, 5) is 36.9. The lowest BCUT2D eigenvalue weighted by molar-refractivity contribution is -0.145. The van der Waals surface area contributed by atoms with Gasteiger partial charge in [-0.05, 0) is 27.7 Å². The predicted molar refractivity (Wildman–Crippen MR) is 77.4 cm³/mol. The van der Waals surface area contributed by atoms with Gasteiger partial charge in [0.05, 0.1) is 6.54 Å². The fourth-order valence-corrected chi connectivity index (χ4v) is 2.18. The normalized spacial score (nSPS) is 23.0. The molecule has 0 aromatic carbocycles. The Morgan fingerprint density at radius 1 is 1.32 bits per heavy atom. The van der Waals surface area contributed by atoms with Crippen LogP contribution in [0.25, 0.3) is 0 Å². The Balaban J connectivity index is 2.81. The van der Waals surface area contributed by atoms with Crippen molar-refractivity contribution < 1.29 is 29.0 Å². The number of ether oxygens (including phenoxy) is 2. The van der Waals surface area contributed by atoms with E-state index in [0.717, 1.165) is 0 Å². The molecule has 0 spiro atoms. The van der Waals surface area contributed by atoms with E-state index in [1.807, 2.05) is 0 Å². The number of alkyl carbamates (subject to hydrolysis) is 1. The maximum absolute atomic E-state index is 12.1. The summed E-state index contributed by atoms with van der Waals surface area (Å²) < 4.78 is 10.0. The minimum atomic E-state index is -1.54. The largest absolute Gasteiger partial charge is 0.479 e. The van der Waals surface area contributed by atoms with Crippen LogP contribution >= 0.6 is 0 Å². The van der Waals surface area contributed by atoms with Gasteiger partial charge >= 0.3 is 12.1 Å². The Hall–Kier alpha value is -1.83. The lowest BCUT2D eigenvalue weighted by Gasteiger charge is -2.28.